The molecule has 2 aliphatic carbocycles. The Morgan fingerprint density at radius 1 is 0.643 bits per heavy atom. The van der Waals surface area contributed by atoms with Gasteiger partial charge in [0.05, 0.1) is 0 Å². The molecule has 0 bridgehead atoms. The molecule has 28 heavy (non-hydrogen) atoms. The quantitative estimate of drug-likeness (QED) is 0.354. The molecule has 0 unspecified atom stereocenters. The van der Waals surface area contributed by atoms with E-state index in [-0.39, 0.29) is 0 Å². The maximum atomic E-state index is 2.45. The SMILES string of the molecule is CCCCCc1ccc(C2CCC(C3CCC(CCCCC)CC3)CC2)cc1. The highest BCUT2D eigenvalue weighted by Crippen LogP contribution is 2.44. The number of hydrogen-bond donors (Lipinski definition) is 0. The first kappa shape index (κ1) is 21.9. The second-order valence-corrected chi connectivity index (χ2v) is 10.1. The zero-order valence-electron chi connectivity index (χ0n) is 18.9. The zero-order chi connectivity index (χ0) is 19.6. The van der Waals surface area contributed by atoms with Gasteiger partial charge in [-0.3, -0.25) is 0 Å². The van der Waals surface area contributed by atoms with Crippen LogP contribution in [0.4, 0.5) is 0 Å². The summed E-state index contributed by atoms with van der Waals surface area (Å²) in [7, 11) is 0. The minimum atomic E-state index is 0.839. The molecule has 3 rings (SSSR count). The van der Waals surface area contributed by atoms with Crippen molar-refractivity contribution in [2.24, 2.45) is 17.8 Å². The molecule has 0 aliphatic heterocycles. The van der Waals surface area contributed by atoms with Gasteiger partial charge in [-0.05, 0) is 86.2 Å². The topological polar surface area (TPSA) is 0 Å². The van der Waals surface area contributed by atoms with Crippen molar-refractivity contribution in [3.8, 4) is 0 Å². The molecule has 0 atom stereocenters. The molecule has 1 aromatic carbocycles. The standard InChI is InChI=1S/C28H46/c1-3-5-7-9-23-11-15-25(16-12-23)27-19-21-28(22-20-27)26-17-13-24(14-18-26)10-8-6-4-2/h11-12,15-16,24,26-28H,3-10,13-14,17-22H2,1-2H3. The average molecular weight is 383 g/mol. The maximum absolute atomic E-state index is 2.45. The van der Waals surface area contributed by atoms with Gasteiger partial charge < -0.3 is 0 Å². The van der Waals surface area contributed by atoms with Crippen LogP contribution in [0.2, 0.25) is 0 Å². The summed E-state index contributed by atoms with van der Waals surface area (Å²) in [5.74, 6) is 4.01. The van der Waals surface area contributed by atoms with Crippen LogP contribution in [0.3, 0.4) is 0 Å². The Morgan fingerprint density at radius 2 is 1.21 bits per heavy atom. The molecule has 0 N–H and O–H groups in total. The van der Waals surface area contributed by atoms with E-state index in [4.69, 9.17) is 0 Å². The number of aryl methyl sites for hydroxylation is 1. The van der Waals surface area contributed by atoms with Gasteiger partial charge >= 0.3 is 0 Å². The van der Waals surface area contributed by atoms with Gasteiger partial charge in [-0.1, -0.05) is 89.5 Å². The van der Waals surface area contributed by atoms with Crippen LogP contribution in [0.15, 0.2) is 24.3 Å². The predicted molar refractivity (Wildman–Crippen MR) is 124 cm³/mol. The lowest BCUT2D eigenvalue weighted by Crippen LogP contribution is -2.25. The number of hydrogen-bond acceptors (Lipinski definition) is 0. The molecular weight excluding hydrogens is 336 g/mol. The third-order valence-corrected chi connectivity index (χ3v) is 8.07. The fourth-order valence-electron chi connectivity index (χ4n) is 6.09. The lowest BCUT2D eigenvalue weighted by atomic mass is 9.68. The molecule has 2 aliphatic rings. The Hall–Kier alpha value is -0.780. The van der Waals surface area contributed by atoms with E-state index in [0.29, 0.717) is 0 Å². The fourth-order valence-corrected chi connectivity index (χ4v) is 6.09. The van der Waals surface area contributed by atoms with Crippen LogP contribution in [0, 0.1) is 17.8 Å². The largest absolute Gasteiger partial charge is 0.0654 e. The van der Waals surface area contributed by atoms with Crippen molar-refractivity contribution >= 4 is 0 Å². The molecule has 0 nitrogen and oxygen atoms in total. The summed E-state index contributed by atoms with van der Waals surface area (Å²) in [6.45, 7) is 4.62. The van der Waals surface area contributed by atoms with Crippen molar-refractivity contribution in [1.82, 2.24) is 0 Å². The molecule has 2 saturated carbocycles. The van der Waals surface area contributed by atoms with E-state index in [1.54, 1.807) is 24.0 Å². The van der Waals surface area contributed by atoms with Gasteiger partial charge in [-0.15, -0.1) is 0 Å². The average Bonchev–Trinajstić information content (AvgIpc) is 2.75. The third-order valence-electron chi connectivity index (χ3n) is 8.07. The molecule has 1 aromatic rings. The van der Waals surface area contributed by atoms with Crippen LogP contribution >= 0.6 is 0 Å². The Morgan fingerprint density at radius 3 is 1.82 bits per heavy atom. The van der Waals surface area contributed by atoms with E-state index in [1.807, 2.05) is 0 Å². The van der Waals surface area contributed by atoms with Crippen molar-refractivity contribution in [3.05, 3.63) is 35.4 Å². The second kappa shape index (κ2) is 12.0. The first-order chi connectivity index (χ1) is 13.8. The summed E-state index contributed by atoms with van der Waals surface area (Å²) in [5.41, 5.74) is 3.17. The first-order valence-corrected chi connectivity index (χ1v) is 12.9. The van der Waals surface area contributed by atoms with Gasteiger partial charge in [0, 0.05) is 0 Å². The molecule has 0 heterocycles. The smallest absolute Gasteiger partial charge is 0.0162 e. The molecule has 0 aromatic heterocycles. The van der Waals surface area contributed by atoms with E-state index in [2.05, 4.69) is 38.1 Å². The van der Waals surface area contributed by atoms with Crippen molar-refractivity contribution in [1.29, 1.82) is 0 Å². The first-order valence-electron chi connectivity index (χ1n) is 12.9. The van der Waals surface area contributed by atoms with E-state index < -0.39 is 0 Å². The minimum Gasteiger partial charge on any atom is -0.0654 e. The molecule has 0 heteroatoms. The van der Waals surface area contributed by atoms with Gasteiger partial charge in [0.1, 0.15) is 0 Å². The molecule has 0 radical (unpaired) electrons. The molecule has 158 valence electrons. The highest BCUT2D eigenvalue weighted by atomic mass is 14.4. The minimum absolute atomic E-state index is 0.839. The summed E-state index contributed by atoms with van der Waals surface area (Å²) in [6.07, 6.45) is 23.1. The molecule has 2 fully saturated rings. The Kier molecular flexibility index (Phi) is 9.42. The van der Waals surface area contributed by atoms with Gasteiger partial charge in [-0.2, -0.15) is 0 Å². The van der Waals surface area contributed by atoms with Crippen molar-refractivity contribution in [2.75, 3.05) is 0 Å². The lowest BCUT2D eigenvalue weighted by molar-refractivity contribution is 0.155. The van der Waals surface area contributed by atoms with Crippen molar-refractivity contribution in [3.63, 3.8) is 0 Å². The van der Waals surface area contributed by atoms with Crippen LogP contribution in [0.5, 0.6) is 0 Å². The summed E-state index contributed by atoms with van der Waals surface area (Å²) in [6, 6.07) is 9.73. The highest BCUT2D eigenvalue weighted by Gasteiger charge is 2.31. The van der Waals surface area contributed by atoms with Gasteiger partial charge in [-0.25, -0.2) is 0 Å². The van der Waals surface area contributed by atoms with Crippen molar-refractivity contribution < 1.29 is 0 Å². The lowest BCUT2D eigenvalue weighted by Gasteiger charge is -2.38. The Bertz CT molecular complexity index is 511. The van der Waals surface area contributed by atoms with Gasteiger partial charge in [0.2, 0.25) is 0 Å². The van der Waals surface area contributed by atoms with Crippen LogP contribution < -0.4 is 0 Å². The number of unbranched alkanes of at least 4 members (excludes halogenated alkanes) is 4. The monoisotopic (exact) mass is 382 g/mol. The van der Waals surface area contributed by atoms with E-state index in [1.165, 1.54) is 89.9 Å². The molecule has 0 amide bonds. The fraction of sp³-hybridized carbons (Fsp3) is 0.786. The summed E-state index contributed by atoms with van der Waals surface area (Å²) in [4.78, 5) is 0. The van der Waals surface area contributed by atoms with E-state index >= 15 is 0 Å². The normalized spacial score (nSPS) is 28.4. The third kappa shape index (κ3) is 6.64. The second-order valence-electron chi connectivity index (χ2n) is 10.1. The molecule has 0 spiro atoms. The summed E-state index contributed by atoms with van der Waals surface area (Å²) < 4.78 is 0. The Labute approximate surface area is 175 Å². The van der Waals surface area contributed by atoms with Crippen LogP contribution in [0.1, 0.15) is 127 Å². The number of benzene rings is 1. The molecule has 0 saturated heterocycles. The Balaban J connectivity index is 1.38. The van der Waals surface area contributed by atoms with E-state index in [0.717, 1.165) is 23.7 Å². The zero-order valence-corrected chi connectivity index (χ0v) is 18.9. The predicted octanol–water partition coefficient (Wildman–Crippen LogP) is 9.08. The van der Waals surface area contributed by atoms with Gasteiger partial charge in [0.15, 0.2) is 0 Å². The van der Waals surface area contributed by atoms with Crippen LogP contribution in [0.25, 0.3) is 0 Å². The molecular formula is C28H46. The maximum Gasteiger partial charge on any atom is -0.0162 e. The highest BCUT2D eigenvalue weighted by molar-refractivity contribution is 5.26. The summed E-state index contributed by atoms with van der Waals surface area (Å²) in [5, 5.41) is 0. The van der Waals surface area contributed by atoms with Crippen molar-refractivity contribution in [2.45, 2.75) is 122 Å². The van der Waals surface area contributed by atoms with Gasteiger partial charge in [0.25, 0.3) is 0 Å². The number of rotatable bonds is 10. The van der Waals surface area contributed by atoms with Crippen LogP contribution in [-0.4, -0.2) is 0 Å². The van der Waals surface area contributed by atoms with E-state index in [9.17, 15) is 0 Å². The summed E-state index contributed by atoms with van der Waals surface area (Å²) >= 11 is 0. The van der Waals surface area contributed by atoms with Crippen LogP contribution in [-0.2, 0) is 6.42 Å².